The number of nitriles is 1. The predicted octanol–water partition coefficient (Wildman–Crippen LogP) is 3.53. The summed E-state index contributed by atoms with van der Waals surface area (Å²) >= 11 is 0. The van der Waals surface area contributed by atoms with Gasteiger partial charge in [0, 0.05) is 26.2 Å². The van der Waals surface area contributed by atoms with E-state index in [1.165, 1.54) is 18.0 Å². The van der Waals surface area contributed by atoms with Gasteiger partial charge in [-0.1, -0.05) is 0 Å². The average Bonchev–Trinajstić information content (AvgIpc) is 3.12. The number of carbonyl (C=O) groups excluding carboxylic acids is 2. The summed E-state index contributed by atoms with van der Waals surface area (Å²) in [4.78, 5) is 27.7. The highest BCUT2D eigenvalue weighted by Crippen LogP contribution is 2.33. The molecule has 0 radical (unpaired) electrons. The van der Waals surface area contributed by atoms with Crippen molar-refractivity contribution >= 4 is 17.7 Å². The topological polar surface area (TPSA) is 85.7 Å². The molecule has 1 aromatic carbocycles. The van der Waals surface area contributed by atoms with Crippen molar-refractivity contribution in [3.05, 3.63) is 29.3 Å². The van der Waals surface area contributed by atoms with Gasteiger partial charge >= 0.3 is 12.3 Å². The van der Waals surface area contributed by atoms with Crippen LogP contribution < -0.4 is 10.2 Å². The molecule has 1 aliphatic rings. The zero-order valence-corrected chi connectivity index (χ0v) is 18.2. The molecule has 1 aromatic rings. The van der Waals surface area contributed by atoms with E-state index in [0.29, 0.717) is 25.2 Å². The van der Waals surface area contributed by atoms with Gasteiger partial charge in [-0.3, -0.25) is 9.69 Å². The summed E-state index contributed by atoms with van der Waals surface area (Å²) in [5.74, 6) is -0.367. The summed E-state index contributed by atoms with van der Waals surface area (Å²) in [7, 11) is 1.47. The minimum absolute atomic E-state index is 0.0696. The summed E-state index contributed by atoms with van der Waals surface area (Å²) in [5, 5.41) is 12.1. The van der Waals surface area contributed by atoms with Gasteiger partial charge in [-0.05, 0) is 52.3 Å². The molecule has 2 amide bonds. The van der Waals surface area contributed by atoms with E-state index < -0.39 is 29.5 Å². The van der Waals surface area contributed by atoms with E-state index in [0.717, 1.165) is 12.1 Å². The predicted molar refractivity (Wildman–Crippen MR) is 108 cm³/mol. The van der Waals surface area contributed by atoms with Gasteiger partial charge in [0.05, 0.1) is 16.8 Å². The number of hydrogen-bond donors (Lipinski definition) is 1. The van der Waals surface area contributed by atoms with Crippen LogP contribution in [-0.4, -0.2) is 54.7 Å². The van der Waals surface area contributed by atoms with Crippen molar-refractivity contribution in [1.29, 1.82) is 5.26 Å². The molecule has 1 heterocycles. The Morgan fingerprint density at radius 3 is 2.52 bits per heavy atom. The van der Waals surface area contributed by atoms with E-state index in [9.17, 15) is 28.0 Å². The second-order valence-electron chi connectivity index (χ2n) is 8.55. The van der Waals surface area contributed by atoms with Crippen molar-refractivity contribution in [2.24, 2.45) is 0 Å². The van der Waals surface area contributed by atoms with Crippen LogP contribution >= 0.6 is 0 Å². The Bertz CT molecular complexity index is 874. The van der Waals surface area contributed by atoms with Gasteiger partial charge in [-0.2, -0.15) is 18.4 Å². The normalized spacial score (nSPS) is 17.6. The van der Waals surface area contributed by atoms with Crippen molar-refractivity contribution < 1.29 is 27.5 Å². The maximum Gasteiger partial charge on any atom is 0.416 e. The molecule has 31 heavy (non-hydrogen) atoms. The number of hydrogen-bond acceptors (Lipinski definition) is 5. The van der Waals surface area contributed by atoms with Crippen LogP contribution in [0.15, 0.2) is 18.2 Å². The molecule has 2 rings (SSSR count). The van der Waals surface area contributed by atoms with E-state index >= 15 is 0 Å². The molecular formula is C21H27F3N4O3. The van der Waals surface area contributed by atoms with Gasteiger partial charge in [0.15, 0.2) is 0 Å². The lowest BCUT2D eigenvalue weighted by Crippen LogP contribution is -2.50. The van der Waals surface area contributed by atoms with Crippen molar-refractivity contribution in [3.63, 3.8) is 0 Å². The van der Waals surface area contributed by atoms with Crippen LogP contribution in [0.2, 0.25) is 0 Å². The third kappa shape index (κ3) is 6.26. The number of amides is 2. The first-order valence-electron chi connectivity index (χ1n) is 9.85. The van der Waals surface area contributed by atoms with Crippen molar-refractivity contribution in [2.75, 3.05) is 25.0 Å². The third-order valence-electron chi connectivity index (χ3n) is 4.96. The third-order valence-corrected chi connectivity index (χ3v) is 4.96. The van der Waals surface area contributed by atoms with Crippen LogP contribution in [0, 0.1) is 11.3 Å². The minimum atomic E-state index is -4.53. The molecule has 0 aliphatic carbocycles. The standard InChI is InChI=1S/C21H27F3N4O3/c1-13(27(5)19(30)31-20(2,3)4)18(29)26-16-8-9-28(12-16)17-7-6-15(21(22,23)24)10-14(17)11-25/h6-7,10,13,16H,8-9,12H2,1-5H3,(H,26,29)/t13-,16-/m0/s1. The van der Waals surface area contributed by atoms with Crippen LogP contribution in [0.5, 0.6) is 0 Å². The number of halogens is 3. The molecule has 0 spiro atoms. The molecule has 170 valence electrons. The van der Waals surface area contributed by atoms with Gasteiger partial charge in [-0.15, -0.1) is 0 Å². The quantitative estimate of drug-likeness (QED) is 0.774. The summed E-state index contributed by atoms with van der Waals surface area (Å²) in [5.41, 5.74) is -1.24. The molecule has 1 fully saturated rings. The van der Waals surface area contributed by atoms with Gasteiger partial charge in [-0.25, -0.2) is 4.79 Å². The number of carbonyl (C=O) groups is 2. The van der Waals surface area contributed by atoms with E-state index in [4.69, 9.17) is 4.74 Å². The van der Waals surface area contributed by atoms with Crippen molar-refractivity contribution in [2.45, 2.75) is 58.0 Å². The van der Waals surface area contributed by atoms with Crippen LogP contribution in [0.1, 0.15) is 45.2 Å². The van der Waals surface area contributed by atoms with Crippen molar-refractivity contribution in [1.82, 2.24) is 10.2 Å². The number of ether oxygens (including phenoxy) is 1. The Kier molecular flexibility index (Phi) is 7.09. The van der Waals surface area contributed by atoms with Gasteiger partial charge in [0.1, 0.15) is 17.7 Å². The number of nitrogens with zero attached hydrogens (tertiary/aromatic N) is 3. The maximum absolute atomic E-state index is 12.9. The lowest BCUT2D eigenvalue weighted by molar-refractivity contribution is -0.137. The number of anilines is 1. The largest absolute Gasteiger partial charge is 0.444 e. The molecule has 0 bridgehead atoms. The highest BCUT2D eigenvalue weighted by atomic mass is 19.4. The van der Waals surface area contributed by atoms with Gasteiger partial charge in [0.25, 0.3) is 0 Å². The highest BCUT2D eigenvalue weighted by molar-refractivity contribution is 5.85. The monoisotopic (exact) mass is 440 g/mol. The summed E-state index contributed by atoms with van der Waals surface area (Å²) in [6, 6.07) is 3.84. The first kappa shape index (κ1) is 24.3. The Morgan fingerprint density at radius 1 is 1.32 bits per heavy atom. The summed E-state index contributed by atoms with van der Waals surface area (Å²) < 4.78 is 44.0. The van der Waals surface area contributed by atoms with Gasteiger partial charge < -0.3 is 15.0 Å². The van der Waals surface area contributed by atoms with E-state index in [1.54, 1.807) is 32.6 Å². The fourth-order valence-corrected chi connectivity index (χ4v) is 3.16. The lowest BCUT2D eigenvalue weighted by Gasteiger charge is -2.29. The van der Waals surface area contributed by atoms with Crippen LogP contribution in [0.3, 0.4) is 0 Å². The molecule has 0 saturated carbocycles. The average molecular weight is 440 g/mol. The first-order chi connectivity index (χ1) is 14.2. The van der Waals surface area contributed by atoms with E-state index in [2.05, 4.69) is 5.32 Å². The molecule has 0 unspecified atom stereocenters. The van der Waals surface area contributed by atoms with Crippen LogP contribution in [0.25, 0.3) is 0 Å². The number of likely N-dealkylation sites (N-methyl/N-ethyl adjacent to an activating group) is 1. The van der Waals surface area contributed by atoms with Gasteiger partial charge in [0.2, 0.25) is 5.91 Å². The summed E-state index contributed by atoms with van der Waals surface area (Å²) in [6.07, 6.45) is -4.59. The molecular weight excluding hydrogens is 413 g/mol. The molecule has 10 heteroatoms. The lowest BCUT2D eigenvalue weighted by atomic mass is 10.1. The second kappa shape index (κ2) is 9.04. The molecule has 1 N–H and O–H groups in total. The number of rotatable bonds is 4. The van der Waals surface area contributed by atoms with E-state index in [1.807, 2.05) is 6.07 Å². The Balaban J connectivity index is 2.01. The smallest absolute Gasteiger partial charge is 0.416 e. The number of alkyl halides is 3. The zero-order chi connectivity index (χ0) is 23.6. The minimum Gasteiger partial charge on any atom is -0.444 e. The SMILES string of the molecule is C[C@@H](C(=O)N[C@H]1CCN(c2ccc(C(F)(F)F)cc2C#N)C1)N(C)C(=O)OC(C)(C)C. The Hall–Kier alpha value is -2.96. The molecule has 7 nitrogen and oxygen atoms in total. The fraction of sp³-hybridized carbons (Fsp3) is 0.571. The highest BCUT2D eigenvalue weighted by Gasteiger charge is 2.33. The van der Waals surface area contributed by atoms with E-state index in [-0.39, 0.29) is 17.5 Å². The van der Waals surface area contributed by atoms with Crippen molar-refractivity contribution in [3.8, 4) is 6.07 Å². The molecule has 1 saturated heterocycles. The van der Waals surface area contributed by atoms with Crippen LogP contribution in [-0.2, 0) is 15.7 Å². The Morgan fingerprint density at radius 2 is 1.97 bits per heavy atom. The Labute approximate surface area is 179 Å². The molecule has 2 atom stereocenters. The second-order valence-corrected chi connectivity index (χ2v) is 8.55. The zero-order valence-electron chi connectivity index (χ0n) is 18.2. The fourth-order valence-electron chi connectivity index (χ4n) is 3.16. The number of benzene rings is 1. The maximum atomic E-state index is 12.9. The number of nitrogens with one attached hydrogen (secondary N) is 1. The van der Waals surface area contributed by atoms with Crippen LogP contribution in [0.4, 0.5) is 23.7 Å². The first-order valence-corrected chi connectivity index (χ1v) is 9.85. The molecule has 0 aromatic heterocycles. The summed E-state index contributed by atoms with van der Waals surface area (Å²) in [6.45, 7) is 7.58. The molecule has 1 aliphatic heterocycles.